The first-order chi connectivity index (χ1) is 14.0. The highest BCUT2D eigenvalue weighted by atomic mass is 19.1. The quantitative estimate of drug-likeness (QED) is 0.757. The van der Waals surface area contributed by atoms with E-state index in [-0.39, 0.29) is 31.2 Å². The Morgan fingerprint density at radius 1 is 1.07 bits per heavy atom. The second-order valence-electron chi connectivity index (χ2n) is 7.28. The summed E-state index contributed by atoms with van der Waals surface area (Å²) in [6.45, 7) is 1.78. The van der Waals surface area contributed by atoms with Crippen LogP contribution in [0.25, 0.3) is 0 Å². The fourth-order valence-electron chi connectivity index (χ4n) is 3.75. The molecule has 1 atom stereocenters. The third-order valence-electron chi connectivity index (χ3n) is 5.24. The minimum absolute atomic E-state index is 0.0148. The van der Waals surface area contributed by atoms with E-state index in [4.69, 9.17) is 9.47 Å². The molecule has 2 aromatic rings. The highest BCUT2D eigenvalue weighted by molar-refractivity contribution is 5.94. The molecule has 8 nitrogen and oxygen atoms in total. The summed E-state index contributed by atoms with van der Waals surface area (Å²) in [4.78, 5) is 33.0. The zero-order valence-corrected chi connectivity index (χ0v) is 16.2. The maximum absolute atomic E-state index is 14.1. The largest absolute Gasteiger partial charge is 0.347 e. The lowest BCUT2D eigenvalue weighted by atomic mass is 10.1. The second-order valence-corrected chi connectivity index (χ2v) is 7.28. The molecule has 1 spiro atoms. The van der Waals surface area contributed by atoms with Gasteiger partial charge >= 0.3 is 0 Å². The predicted octanol–water partition coefficient (Wildman–Crippen LogP) is 1.29. The number of hydrogen-bond donors (Lipinski definition) is 0. The lowest BCUT2D eigenvalue weighted by Gasteiger charge is -2.43. The van der Waals surface area contributed by atoms with Gasteiger partial charge in [-0.1, -0.05) is 12.1 Å². The Kier molecular flexibility index (Phi) is 5.33. The normalized spacial score (nSPS) is 22.6. The molecule has 0 N–H and O–H groups in total. The number of hydrogen-bond acceptors (Lipinski definition) is 5. The molecule has 0 radical (unpaired) electrons. The molecule has 0 saturated carbocycles. The summed E-state index contributed by atoms with van der Waals surface area (Å²) in [7, 11) is 1.76. The molecule has 154 valence electrons. The van der Waals surface area contributed by atoms with Crippen LogP contribution >= 0.6 is 0 Å². The van der Waals surface area contributed by atoms with Crippen LogP contribution in [0, 0.1) is 5.82 Å². The van der Waals surface area contributed by atoms with Crippen LogP contribution in [0.3, 0.4) is 0 Å². The van der Waals surface area contributed by atoms with Crippen LogP contribution in [-0.4, -0.2) is 76.3 Å². The van der Waals surface area contributed by atoms with Crippen molar-refractivity contribution < 1.29 is 23.5 Å². The van der Waals surface area contributed by atoms with E-state index in [2.05, 4.69) is 4.98 Å². The summed E-state index contributed by atoms with van der Waals surface area (Å²) in [6, 6.07) is 5.90. The molecule has 29 heavy (non-hydrogen) atoms. The zero-order valence-electron chi connectivity index (χ0n) is 16.2. The molecule has 2 aliphatic rings. The van der Waals surface area contributed by atoms with Crippen molar-refractivity contribution in [1.29, 1.82) is 0 Å². The monoisotopic (exact) mass is 402 g/mol. The number of ether oxygens (including phenoxy) is 2. The van der Waals surface area contributed by atoms with Gasteiger partial charge in [0.1, 0.15) is 11.5 Å². The Morgan fingerprint density at radius 3 is 2.52 bits per heavy atom. The molecule has 2 fully saturated rings. The van der Waals surface area contributed by atoms with Crippen LogP contribution in [0.15, 0.2) is 36.8 Å². The van der Waals surface area contributed by atoms with Crippen molar-refractivity contribution in [3.63, 3.8) is 0 Å². The van der Waals surface area contributed by atoms with E-state index < -0.39 is 17.5 Å². The Hall–Kier alpha value is -2.78. The van der Waals surface area contributed by atoms with Crippen LogP contribution in [0.1, 0.15) is 27.3 Å². The number of amides is 2. The number of aromatic nitrogens is 2. The summed E-state index contributed by atoms with van der Waals surface area (Å²) in [5.41, 5.74) is 0.484. The summed E-state index contributed by atoms with van der Waals surface area (Å²) in [5, 5.41) is 0. The minimum atomic E-state index is -1.14. The van der Waals surface area contributed by atoms with Gasteiger partial charge in [-0.25, -0.2) is 9.37 Å². The maximum atomic E-state index is 14.1. The van der Waals surface area contributed by atoms with E-state index >= 15 is 0 Å². The lowest BCUT2D eigenvalue weighted by molar-refractivity contribution is -0.258. The van der Waals surface area contributed by atoms with E-state index in [1.165, 1.54) is 23.2 Å². The molecule has 1 aromatic carbocycles. The van der Waals surface area contributed by atoms with Crippen molar-refractivity contribution >= 4 is 11.8 Å². The van der Waals surface area contributed by atoms with E-state index in [0.29, 0.717) is 31.8 Å². The van der Waals surface area contributed by atoms with Crippen molar-refractivity contribution in [1.82, 2.24) is 19.4 Å². The number of imidazole rings is 1. The number of nitrogens with zero attached hydrogens (tertiary/aromatic N) is 4. The van der Waals surface area contributed by atoms with Crippen LogP contribution in [-0.2, 0) is 16.5 Å². The molecule has 0 bridgehead atoms. The van der Waals surface area contributed by atoms with Gasteiger partial charge in [-0.3, -0.25) is 9.59 Å². The first kappa shape index (κ1) is 19.5. The van der Waals surface area contributed by atoms with Crippen molar-refractivity contribution in [3.8, 4) is 0 Å². The first-order valence-electron chi connectivity index (χ1n) is 9.56. The highest BCUT2D eigenvalue weighted by Crippen LogP contribution is 2.26. The van der Waals surface area contributed by atoms with E-state index in [1.807, 2.05) is 0 Å². The Balaban J connectivity index is 1.54. The smallest absolute Gasteiger partial charge is 0.272 e. The Bertz CT molecular complexity index is 917. The number of carbonyl (C=O) groups excluding carboxylic acids is 2. The van der Waals surface area contributed by atoms with Gasteiger partial charge in [-0.15, -0.1) is 0 Å². The Morgan fingerprint density at radius 2 is 1.79 bits per heavy atom. The Labute approximate surface area is 167 Å². The molecule has 2 saturated heterocycles. The van der Waals surface area contributed by atoms with Crippen LogP contribution in [0.2, 0.25) is 0 Å². The maximum Gasteiger partial charge on any atom is 0.272 e. The van der Waals surface area contributed by atoms with E-state index in [0.717, 1.165) is 0 Å². The molecule has 3 heterocycles. The van der Waals surface area contributed by atoms with Gasteiger partial charge in [0.2, 0.25) is 5.79 Å². The number of aryl methyl sites for hydroxylation is 1. The molecule has 1 unspecified atom stereocenters. The molecule has 2 amide bonds. The number of rotatable bonds is 2. The molecular weight excluding hydrogens is 379 g/mol. The van der Waals surface area contributed by atoms with Gasteiger partial charge in [0, 0.05) is 20.1 Å². The van der Waals surface area contributed by atoms with Crippen LogP contribution in [0.4, 0.5) is 4.39 Å². The van der Waals surface area contributed by atoms with Crippen LogP contribution in [0.5, 0.6) is 0 Å². The molecule has 4 rings (SSSR count). The van der Waals surface area contributed by atoms with E-state index in [1.54, 1.807) is 35.0 Å². The average Bonchev–Trinajstić information content (AvgIpc) is 3.05. The minimum Gasteiger partial charge on any atom is -0.347 e. The van der Waals surface area contributed by atoms with Crippen molar-refractivity contribution in [2.24, 2.45) is 7.05 Å². The van der Waals surface area contributed by atoms with Crippen molar-refractivity contribution in [3.05, 3.63) is 53.9 Å². The third-order valence-corrected chi connectivity index (χ3v) is 5.24. The van der Waals surface area contributed by atoms with Gasteiger partial charge in [-0.05, 0) is 18.6 Å². The third kappa shape index (κ3) is 3.88. The van der Waals surface area contributed by atoms with Crippen LogP contribution < -0.4 is 0 Å². The van der Waals surface area contributed by atoms with Crippen molar-refractivity contribution in [2.75, 3.05) is 39.4 Å². The SMILES string of the molecule is Cn1cncc1C(=O)N1CCCOC2(CN(C(=O)c3ccccc3F)CCO2)C1. The highest BCUT2D eigenvalue weighted by Gasteiger charge is 2.44. The average molecular weight is 402 g/mol. The van der Waals surface area contributed by atoms with Gasteiger partial charge in [0.15, 0.2) is 0 Å². The fraction of sp³-hybridized carbons (Fsp3) is 0.450. The van der Waals surface area contributed by atoms with Gasteiger partial charge in [-0.2, -0.15) is 0 Å². The standard InChI is InChI=1S/C20H23FN4O4/c1-23-14-22-11-17(23)19(27)24-7-4-9-28-20(12-24)13-25(8-10-29-20)18(26)15-5-2-3-6-16(15)21/h2-3,5-6,11,14H,4,7-10,12-13H2,1H3. The van der Waals surface area contributed by atoms with Gasteiger partial charge < -0.3 is 23.8 Å². The zero-order chi connectivity index (χ0) is 20.4. The second kappa shape index (κ2) is 7.92. The number of morpholine rings is 1. The van der Waals surface area contributed by atoms with Crippen molar-refractivity contribution in [2.45, 2.75) is 12.2 Å². The van der Waals surface area contributed by atoms with Gasteiger partial charge in [0.25, 0.3) is 11.8 Å². The molecule has 9 heteroatoms. The topological polar surface area (TPSA) is 76.9 Å². The van der Waals surface area contributed by atoms with E-state index in [9.17, 15) is 14.0 Å². The van der Waals surface area contributed by atoms with Gasteiger partial charge in [0.05, 0.1) is 44.4 Å². The number of halogens is 1. The molecular formula is C20H23FN4O4. The summed E-state index contributed by atoms with van der Waals surface area (Å²) < 4.78 is 27.7. The lowest BCUT2D eigenvalue weighted by Crippen LogP contribution is -2.59. The summed E-state index contributed by atoms with van der Waals surface area (Å²) in [5.74, 6) is -2.28. The summed E-state index contributed by atoms with van der Waals surface area (Å²) >= 11 is 0. The summed E-state index contributed by atoms with van der Waals surface area (Å²) in [6.07, 6.45) is 3.75. The molecule has 1 aromatic heterocycles. The number of carbonyl (C=O) groups is 2. The molecule has 0 aliphatic carbocycles. The molecule has 2 aliphatic heterocycles. The predicted molar refractivity (Wildman–Crippen MR) is 101 cm³/mol. The number of benzene rings is 1. The fourth-order valence-corrected chi connectivity index (χ4v) is 3.75. The first-order valence-corrected chi connectivity index (χ1v) is 9.56.